The molecule has 4 nitrogen and oxygen atoms in total. The Morgan fingerprint density at radius 2 is 1.29 bits per heavy atom. The second kappa shape index (κ2) is 10.4. The van der Waals surface area contributed by atoms with Crippen LogP contribution < -0.4 is 9.47 Å². The van der Waals surface area contributed by atoms with E-state index >= 15 is 0 Å². The Bertz CT molecular complexity index is 1370. The topological polar surface area (TPSA) is 52.6 Å². The number of Topliss-reactive ketones (excluding diaryl/α,β-unsaturated/α-hetero) is 1. The summed E-state index contributed by atoms with van der Waals surface area (Å²) in [5.41, 5.74) is 6.46. The molecule has 0 amide bonds. The van der Waals surface area contributed by atoms with Gasteiger partial charge in [-0.2, -0.15) is 0 Å². The Morgan fingerprint density at radius 1 is 0.686 bits per heavy atom. The normalized spacial score (nSPS) is 11.5. The van der Waals surface area contributed by atoms with E-state index < -0.39 is 5.97 Å². The highest BCUT2D eigenvalue weighted by atomic mass is 16.5. The van der Waals surface area contributed by atoms with Crippen molar-refractivity contribution in [2.45, 2.75) is 26.7 Å². The number of carbonyl (C=O) groups excluding carboxylic acids is 2. The number of benzene rings is 4. The fraction of sp³-hybridized carbons (Fsp3) is 0.161. The average molecular weight is 465 g/mol. The first-order valence-corrected chi connectivity index (χ1v) is 11.5. The minimum atomic E-state index is -0.495. The van der Waals surface area contributed by atoms with Gasteiger partial charge in [-0.1, -0.05) is 54.6 Å². The van der Waals surface area contributed by atoms with Gasteiger partial charge in [0.1, 0.15) is 11.5 Å². The average Bonchev–Trinajstić information content (AvgIpc) is 2.87. The summed E-state index contributed by atoms with van der Waals surface area (Å²) in [5, 5.41) is 0. The van der Waals surface area contributed by atoms with Gasteiger partial charge in [-0.25, -0.2) is 4.79 Å². The standard InChI is InChI=1S/C31H28O4/c1-20-17-26(34-4)13-15-28(20)30(23-9-6-5-7-10-23)29-16-14-27(18-21(29)2)35-31(33)25-12-8-11-24(19-25)22(3)32/h5-19,30H,1-4H3. The van der Waals surface area contributed by atoms with E-state index in [1.807, 2.05) is 55.5 Å². The number of rotatable bonds is 7. The number of esters is 1. The van der Waals surface area contributed by atoms with E-state index in [0.29, 0.717) is 16.9 Å². The van der Waals surface area contributed by atoms with Crippen LogP contribution in [0.3, 0.4) is 0 Å². The van der Waals surface area contributed by atoms with Crippen LogP contribution >= 0.6 is 0 Å². The molecule has 0 aliphatic carbocycles. The molecule has 35 heavy (non-hydrogen) atoms. The lowest BCUT2D eigenvalue weighted by atomic mass is 9.81. The van der Waals surface area contributed by atoms with Crippen molar-refractivity contribution in [1.82, 2.24) is 0 Å². The third-order valence-electron chi connectivity index (χ3n) is 6.19. The lowest BCUT2D eigenvalue weighted by Gasteiger charge is -2.23. The summed E-state index contributed by atoms with van der Waals surface area (Å²) in [6.07, 6.45) is 0. The maximum Gasteiger partial charge on any atom is 0.343 e. The first-order chi connectivity index (χ1) is 16.9. The molecule has 0 radical (unpaired) electrons. The van der Waals surface area contributed by atoms with Crippen molar-refractivity contribution in [3.05, 3.63) is 130 Å². The van der Waals surface area contributed by atoms with Gasteiger partial charge in [0.15, 0.2) is 5.78 Å². The Balaban J connectivity index is 1.68. The van der Waals surface area contributed by atoms with Crippen LogP contribution in [0.5, 0.6) is 11.5 Å². The summed E-state index contributed by atoms with van der Waals surface area (Å²) < 4.78 is 11.1. The molecule has 1 atom stereocenters. The number of hydrogen-bond donors (Lipinski definition) is 0. The smallest absolute Gasteiger partial charge is 0.343 e. The van der Waals surface area contributed by atoms with Gasteiger partial charge in [-0.3, -0.25) is 4.79 Å². The van der Waals surface area contributed by atoms with Gasteiger partial charge in [0.2, 0.25) is 0 Å². The van der Waals surface area contributed by atoms with Crippen LogP contribution in [0, 0.1) is 13.8 Å². The van der Waals surface area contributed by atoms with Gasteiger partial charge in [0, 0.05) is 11.5 Å². The lowest BCUT2D eigenvalue weighted by Crippen LogP contribution is -2.11. The summed E-state index contributed by atoms with van der Waals surface area (Å²) in [4.78, 5) is 24.4. The highest BCUT2D eigenvalue weighted by Crippen LogP contribution is 2.37. The van der Waals surface area contributed by atoms with E-state index in [4.69, 9.17) is 9.47 Å². The molecule has 0 bridgehead atoms. The molecule has 4 rings (SSSR count). The lowest BCUT2D eigenvalue weighted by molar-refractivity contribution is 0.0734. The monoisotopic (exact) mass is 464 g/mol. The van der Waals surface area contributed by atoms with E-state index in [1.165, 1.54) is 18.1 Å². The fourth-order valence-corrected chi connectivity index (χ4v) is 4.34. The van der Waals surface area contributed by atoms with Crippen molar-refractivity contribution in [3.8, 4) is 11.5 Å². The van der Waals surface area contributed by atoms with Crippen molar-refractivity contribution >= 4 is 11.8 Å². The van der Waals surface area contributed by atoms with E-state index in [9.17, 15) is 9.59 Å². The van der Waals surface area contributed by atoms with Gasteiger partial charge in [0.05, 0.1) is 12.7 Å². The predicted molar refractivity (Wildman–Crippen MR) is 138 cm³/mol. The van der Waals surface area contributed by atoms with E-state index in [-0.39, 0.29) is 11.7 Å². The van der Waals surface area contributed by atoms with Crippen molar-refractivity contribution in [3.63, 3.8) is 0 Å². The molecule has 0 aliphatic heterocycles. The zero-order chi connectivity index (χ0) is 24.9. The SMILES string of the molecule is COc1ccc(C(c2ccccc2)c2ccc(OC(=O)c3cccc(C(C)=O)c3)cc2C)c(C)c1. The third-order valence-corrected chi connectivity index (χ3v) is 6.19. The highest BCUT2D eigenvalue weighted by Gasteiger charge is 2.21. The van der Waals surface area contributed by atoms with E-state index in [0.717, 1.165) is 22.4 Å². The van der Waals surface area contributed by atoms with Crippen LogP contribution in [0.15, 0.2) is 91.0 Å². The summed E-state index contributed by atoms with van der Waals surface area (Å²) >= 11 is 0. The van der Waals surface area contributed by atoms with Crippen molar-refractivity contribution in [2.24, 2.45) is 0 Å². The second-order valence-electron chi connectivity index (χ2n) is 8.61. The molecule has 176 valence electrons. The first-order valence-electron chi connectivity index (χ1n) is 11.5. The number of hydrogen-bond acceptors (Lipinski definition) is 4. The number of carbonyl (C=O) groups is 2. The minimum Gasteiger partial charge on any atom is -0.497 e. The van der Waals surface area contributed by atoms with Crippen LogP contribution in [-0.2, 0) is 0 Å². The molecule has 0 saturated heterocycles. The van der Waals surface area contributed by atoms with Gasteiger partial charge in [-0.15, -0.1) is 0 Å². The molecule has 0 saturated carbocycles. The molecule has 0 aromatic heterocycles. The number of aryl methyl sites for hydroxylation is 2. The maximum atomic E-state index is 12.7. The molecular weight excluding hydrogens is 436 g/mol. The maximum absolute atomic E-state index is 12.7. The molecule has 0 spiro atoms. The summed E-state index contributed by atoms with van der Waals surface area (Å²) in [7, 11) is 1.67. The van der Waals surface area contributed by atoms with Crippen LogP contribution in [0.25, 0.3) is 0 Å². The summed E-state index contributed by atoms with van der Waals surface area (Å²) in [5.74, 6) is 0.708. The minimum absolute atomic E-state index is 0.0131. The molecule has 1 unspecified atom stereocenters. The zero-order valence-corrected chi connectivity index (χ0v) is 20.4. The Labute approximate surface area is 206 Å². The largest absolute Gasteiger partial charge is 0.497 e. The molecule has 4 heteroatoms. The quantitative estimate of drug-likeness (QED) is 0.129. The Morgan fingerprint density at radius 3 is 1.89 bits per heavy atom. The Hall–Kier alpha value is -4.18. The highest BCUT2D eigenvalue weighted by molar-refractivity contribution is 5.98. The van der Waals surface area contributed by atoms with Crippen LogP contribution in [-0.4, -0.2) is 18.9 Å². The number of methoxy groups -OCH3 is 1. The molecule has 0 heterocycles. The Kier molecular flexibility index (Phi) is 7.11. The molecule has 0 fully saturated rings. The van der Waals surface area contributed by atoms with Crippen molar-refractivity contribution in [2.75, 3.05) is 7.11 Å². The van der Waals surface area contributed by atoms with Gasteiger partial charge >= 0.3 is 5.97 Å². The van der Waals surface area contributed by atoms with Crippen LogP contribution in [0.2, 0.25) is 0 Å². The van der Waals surface area contributed by atoms with E-state index in [2.05, 4.69) is 25.1 Å². The molecule has 0 aliphatic rings. The fourth-order valence-electron chi connectivity index (χ4n) is 4.34. The second-order valence-corrected chi connectivity index (χ2v) is 8.61. The van der Waals surface area contributed by atoms with Crippen LogP contribution in [0.4, 0.5) is 0 Å². The van der Waals surface area contributed by atoms with Gasteiger partial charge in [-0.05, 0) is 85.0 Å². The van der Waals surface area contributed by atoms with Gasteiger partial charge < -0.3 is 9.47 Å². The number of ether oxygens (including phenoxy) is 2. The summed E-state index contributed by atoms with van der Waals surface area (Å²) in [6.45, 7) is 5.59. The molecular formula is C31H28O4. The van der Waals surface area contributed by atoms with Gasteiger partial charge in [0.25, 0.3) is 0 Å². The predicted octanol–water partition coefficient (Wildman–Crippen LogP) is 6.91. The molecule has 0 N–H and O–H groups in total. The zero-order valence-electron chi connectivity index (χ0n) is 20.4. The van der Waals surface area contributed by atoms with E-state index in [1.54, 1.807) is 31.4 Å². The van der Waals surface area contributed by atoms with Crippen molar-refractivity contribution < 1.29 is 19.1 Å². The molecule has 4 aromatic carbocycles. The molecule has 4 aromatic rings. The van der Waals surface area contributed by atoms with Crippen LogP contribution in [0.1, 0.15) is 61.4 Å². The number of ketones is 1. The first kappa shape index (κ1) is 24.0. The van der Waals surface area contributed by atoms with Crippen molar-refractivity contribution in [1.29, 1.82) is 0 Å². The summed E-state index contributed by atoms with van der Waals surface area (Å²) in [6, 6.07) is 28.8. The third kappa shape index (κ3) is 5.33.